The molecule has 1 fully saturated rings. The summed E-state index contributed by atoms with van der Waals surface area (Å²) in [6.45, 7) is 1.73. The molecule has 4 nitrogen and oxygen atoms in total. The smallest absolute Gasteiger partial charge is 0.175 e. The number of piperidine rings is 1. The Hall–Kier alpha value is -1.07. The van der Waals surface area contributed by atoms with Gasteiger partial charge in [-0.05, 0) is 56.5 Å². The zero-order chi connectivity index (χ0) is 13.9. The lowest BCUT2D eigenvalue weighted by molar-refractivity contribution is 0.442. The maximum Gasteiger partial charge on any atom is 0.175 e. The van der Waals surface area contributed by atoms with Crippen molar-refractivity contribution >= 4 is 15.5 Å². The van der Waals surface area contributed by atoms with Gasteiger partial charge in [-0.2, -0.15) is 0 Å². The highest BCUT2D eigenvalue weighted by molar-refractivity contribution is 7.90. The van der Waals surface area contributed by atoms with E-state index < -0.39 is 9.84 Å². The minimum absolute atomic E-state index is 0.378. The molecule has 0 radical (unpaired) electrons. The van der Waals surface area contributed by atoms with Crippen molar-refractivity contribution < 1.29 is 8.42 Å². The van der Waals surface area contributed by atoms with Crippen LogP contribution in [-0.4, -0.2) is 33.8 Å². The largest absolute Gasteiger partial charge is 0.369 e. The molecule has 1 heterocycles. The monoisotopic (exact) mass is 282 g/mol. The normalized spacial score (nSPS) is 20.5. The molecule has 2 rings (SSSR count). The van der Waals surface area contributed by atoms with Crippen molar-refractivity contribution in [3.63, 3.8) is 0 Å². The van der Waals surface area contributed by atoms with Crippen LogP contribution in [0, 0.1) is 0 Å². The zero-order valence-corrected chi connectivity index (χ0v) is 12.2. The van der Waals surface area contributed by atoms with Crippen molar-refractivity contribution in [2.75, 3.05) is 24.2 Å². The molecule has 0 saturated carbocycles. The first-order valence-electron chi connectivity index (χ1n) is 6.79. The molecule has 0 bridgehead atoms. The molecule has 1 unspecified atom stereocenters. The number of hydrogen-bond acceptors (Lipinski definition) is 4. The van der Waals surface area contributed by atoms with Gasteiger partial charge in [0.1, 0.15) is 0 Å². The number of sulfone groups is 1. The van der Waals surface area contributed by atoms with E-state index in [1.807, 2.05) is 12.1 Å². The Morgan fingerprint density at radius 3 is 2.53 bits per heavy atom. The van der Waals surface area contributed by atoms with Crippen LogP contribution >= 0.6 is 0 Å². The molecule has 19 heavy (non-hydrogen) atoms. The molecular weight excluding hydrogens is 260 g/mol. The van der Waals surface area contributed by atoms with E-state index in [-0.39, 0.29) is 0 Å². The molecule has 5 heteroatoms. The van der Waals surface area contributed by atoms with Gasteiger partial charge < -0.3 is 10.6 Å². The lowest BCUT2D eigenvalue weighted by Gasteiger charge is -2.37. The lowest BCUT2D eigenvalue weighted by atomic mass is 9.98. The van der Waals surface area contributed by atoms with Crippen LogP contribution in [0.25, 0.3) is 0 Å². The summed E-state index contributed by atoms with van der Waals surface area (Å²) in [6, 6.07) is 7.69. The van der Waals surface area contributed by atoms with E-state index in [1.54, 1.807) is 12.1 Å². The maximum atomic E-state index is 11.5. The van der Waals surface area contributed by atoms with Crippen molar-refractivity contribution in [2.24, 2.45) is 5.73 Å². The van der Waals surface area contributed by atoms with Crippen LogP contribution < -0.4 is 10.6 Å². The summed E-state index contributed by atoms with van der Waals surface area (Å²) in [4.78, 5) is 2.74. The van der Waals surface area contributed by atoms with E-state index in [1.165, 1.54) is 25.5 Å². The quantitative estimate of drug-likeness (QED) is 0.914. The van der Waals surface area contributed by atoms with Crippen LogP contribution in [0.15, 0.2) is 29.2 Å². The average Bonchev–Trinajstić information content (AvgIpc) is 2.39. The molecule has 106 valence electrons. The summed E-state index contributed by atoms with van der Waals surface area (Å²) >= 11 is 0. The van der Waals surface area contributed by atoms with Crippen molar-refractivity contribution in [2.45, 2.75) is 36.6 Å². The predicted molar refractivity (Wildman–Crippen MR) is 78.2 cm³/mol. The Morgan fingerprint density at radius 1 is 1.26 bits per heavy atom. The fourth-order valence-electron chi connectivity index (χ4n) is 2.72. The van der Waals surface area contributed by atoms with Crippen LogP contribution in [0.1, 0.15) is 25.7 Å². The van der Waals surface area contributed by atoms with Crippen LogP contribution in [0.2, 0.25) is 0 Å². The van der Waals surface area contributed by atoms with Crippen molar-refractivity contribution in [1.29, 1.82) is 0 Å². The third kappa shape index (κ3) is 3.48. The zero-order valence-electron chi connectivity index (χ0n) is 11.4. The van der Waals surface area contributed by atoms with Gasteiger partial charge in [-0.3, -0.25) is 0 Å². The minimum Gasteiger partial charge on any atom is -0.369 e. The standard InChI is InChI=1S/C14H22N2O2S/c1-19(17,18)14-7-5-13(6-8-14)16-11-3-2-4-12(16)9-10-15/h5-8,12H,2-4,9-11,15H2,1H3. The Bertz CT molecular complexity index is 509. The van der Waals surface area contributed by atoms with Crippen LogP contribution in [0.4, 0.5) is 5.69 Å². The van der Waals surface area contributed by atoms with E-state index in [0.717, 1.165) is 18.7 Å². The molecule has 1 saturated heterocycles. The van der Waals surface area contributed by atoms with Crippen LogP contribution in [-0.2, 0) is 9.84 Å². The first-order chi connectivity index (χ1) is 9.02. The van der Waals surface area contributed by atoms with Gasteiger partial charge in [0, 0.05) is 24.5 Å². The van der Waals surface area contributed by atoms with Gasteiger partial charge in [0.25, 0.3) is 0 Å². The molecule has 1 aromatic rings. The van der Waals surface area contributed by atoms with Crippen LogP contribution in [0.5, 0.6) is 0 Å². The van der Waals surface area contributed by atoms with E-state index in [2.05, 4.69) is 4.90 Å². The minimum atomic E-state index is -3.11. The number of hydrogen-bond donors (Lipinski definition) is 1. The summed E-state index contributed by atoms with van der Waals surface area (Å²) in [7, 11) is -3.11. The fourth-order valence-corrected chi connectivity index (χ4v) is 3.35. The molecular formula is C14H22N2O2S. The van der Waals surface area contributed by atoms with Crippen molar-refractivity contribution in [1.82, 2.24) is 0 Å². The topological polar surface area (TPSA) is 63.4 Å². The van der Waals surface area contributed by atoms with E-state index in [4.69, 9.17) is 5.73 Å². The van der Waals surface area contributed by atoms with E-state index in [0.29, 0.717) is 17.5 Å². The summed E-state index contributed by atoms with van der Waals surface area (Å²) < 4.78 is 22.9. The van der Waals surface area contributed by atoms with Gasteiger partial charge in [0.05, 0.1) is 4.90 Å². The second-order valence-corrected chi connectivity index (χ2v) is 7.20. The summed E-state index contributed by atoms with van der Waals surface area (Å²) in [5.74, 6) is 0. The molecule has 1 aromatic carbocycles. The molecule has 0 spiro atoms. The Balaban J connectivity index is 2.20. The van der Waals surface area contributed by atoms with Crippen LogP contribution in [0.3, 0.4) is 0 Å². The predicted octanol–water partition coefficient (Wildman–Crippen LogP) is 1.80. The molecule has 1 aliphatic heterocycles. The van der Waals surface area contributed by atoms with Gasteiger partial charge >= 0.3 is 0 Å². The number of benzene rings is 1. The summed E-state index contributed by atoms with van der Waals surface area (Å²) in [5.41, 5.74) is 6.78. The molecule has 0 amide bonds. The lowest BCUT2D eigenvalue weighted by Crippen LogP contribution is -2.40. The van der Waals surface area contributed by atoms with Gasteiger partial charge in [0.2, 0.25) is 0 Å². The number of rotatable bonds is 4. The van der Waals surface area contributed by atoms with Gasteiger partial charge in [-0.15, -0.1) is 0 Å². The Morgan fingerprint density at radius 2 is 1.95 bits per heavy atom. The average molecular weight is 282 g/mol. The van der Waals surface area contributed by atoms with Gasteiger partial charge in [-0.25, -0.2) is 8.42 Å². The van der Waals surface area contributed by atoms with E-state index >= 15 is 0 Å². The SMILES string of the molecule is CS(=O)(=O)c1ccc(N2CCCCC2CCN)cc1. The maximum absolute atomic E-state index is 11.5. The van der Waals surface area contributed by atoms with Gasteiger partial charge in [0.15, 0.2) is 9.84 Å². The first-order valence-corrected chi connectivity index (χ1v) is 8.68. The second-order valence-electron chi connectivity index (χ2n) is 5.19. The van der Waals surface area contributed by atoms with Crippen molar-refractivity contribution in [3.05, 3.63) is 24.3 Å². The molecule has 1 atom stereocenters. The summed E-state index contributed by atoms with van der Waals surface area (Å²) in [6.07, 6.45) is 5.84. The molecule has 1 aliphatic rings. The summed E-state index contributed by atoms with van der Waals surface area (Å²) in [5, 5.41) is 0. The second kappa shape index (κ2) is 5.92. The third-order valence-corrected chi connectivity index (χ3v) is 4.85. The third-order valence-electron chi connectivity index (χ3n) is 3.72. The fraction of sp³-hybridized carbons (Fsp3) is 0.571. The van der Waals surface area contributed by atoms with E-state index in [9.17, 15) is 8.42 Å². The Kier molecular flexibility index (Phi) is 4.47. The highest BCUT2D eigenvalue weighted by atomic mass is 32.2. The number of nitrogens with two attached hydrogens (primary N) is 1. The Labute approximate surface area is 115 Å². The highest BCUT2D eigenvalue weighted by Crippen LogP contribution is 2.27. The molecule has 0 aromatic heterocycles. The molecule has 2 N–H and O–H groups in total. The van der Waals surface area contributed by atoms with Crippen molar-refractivity contribution in [3.8, 4) is 0 Å². The first kappa shape index (κ1) is 14.3. The number of anilines is 1. The molecule has 0 aliphatic carbocycles. The van der Waals surface area contributed by atoms with Gasteiger partial charge in [-0.1, -0.05) is 0 Å². The highest BCUT2D eigenvalue weighted by Gasteiger charge is 2.22. The number of nitrogens with zero attached hydrogens (tertiary/aromatic N) is 1.